The summed E-state index contributed by atoms with van der Waals surface area (Å²) in [5, 5.41) is 6.47. The molecule has 0 saturated carbocycles. The minimum atomic E-state index is -0.846. The first-order valence-electron chi connectivity index (χ1n) is 7.79. The fraction of sp³-hybridized carbons (Fsp3) is 0.588. The molecular formula is C17H29N3OS. The van der Waals surface area contributed by atoms with E-state index in [1.807, 2.05) is 33.8 Å². The van der Waals surface area contributed by atoms with Crippen molar-refractivity contribution < 1.29 is 4.21 Å². The van der Waals surface area contributed by atoms with E-state index in [0.29, 0.717) is 18.8 Å². The average Bonchev–Trinajstić information content (AvgIpc) is 2.43. The molecule has 22 heavy (non-hydrogen) atoms. The number of benzene rings is 1. The minimum absolute atomic E-state index is 0.168. The molecule has 0 spiro atoms. The van der Waals surface area contributed by atoms with Crippen molar-refractivity contribution in [1.82, 2.24) is 10.6 Å². The Hall–Kier alpha value is -1.36. The van der Waals surface area contributed by atoms with E-state index in [4.69, 9.17) is 0 Å². The largest absolute Gasteiger partial charge is 0.357 e. The Bertz CT molecular complexity index is 521. The molecule has 0 aliphatic heterocycles. The predicted octanol–water partition coefficient (Wildman–Crippen LogP) is 2.60. The van der Waals surface area contributed by atoms with Gasteiger partial charge in [0.1, 0.15) is 0 Å². The highest BCUT2D eigenvalue weighted by molar-refractivity contribution is 7.86. The smallest absolute Gasteiger partial charge is 0.191 e. The highest BCUT2D eigenvalue weighted by Crippen LogP contribution is 2.10. The molecule has 1 aromatic rings. The Morgan fingerprint density at radius 2 is 2.00 bits per heavy atom. The summed E-state index contributed by atoms with van der Waals surface area (Å²) in [7, 11) is -0.846. The van der Waals surface area contributed by atoms with Crippen LogP contribution in [0.2, 0.25) is 0 Å². The molecule has 1 unspecified atom stereocenters. The zero-order chi connectivity index (χ0) is 16.6. The van der Waals surface area contributed by atoms with Gasteiger partial charge in [-0.15, -0.1) is 0 Å². The van der Waals surface area contributed by atoms with Crippen molar-refractivity contribution in [3.05, 3.63) is 35.4 Å². The lowest BCUT2D eigenvalue weighted by Crippen LogP contribution is -2.40. The van der Waals surface area contributed by atoms with Crippen LogP contribution in [0.3, 0.4) is 0 Å². The van der Waals surface area contributed by atoms with Crippen molar-refractivity contribution in [3.63, 3.8) is 0 Å². The second kappa shape index (κ2) is 8.93. The number of nitrogens with zero attached hydrogens (tertiary/aromatic N) is 1. The molecule has 0 aromatic heterocycles. The Morgan fingerprint density at radius 3 is 2.59 bits per heavy atom. The van der Waals surface area contributed by atoms with Crippen LogP contribution in [0.4, 0.5) is 0 Å². The first kappa shape index (κ1) is 18.7. The molecule has 0 heterocycles. The number of aliphatic imine (C=N–C) groups is 1. The minimum Gasteiger partial charge on any atom is -0.357 e. The van der Waals surface area contributed by atoms with Crippen molar-refractivity contribution in [2.75, 3.05) is 18.8 Å². The van der Waals surface area contributed by atoms with Crippen LogP contribution in [-0.4, -0.2) is 33.8 Å². The Morgan fingerprint density at radius 1 is 1.27 bits per heavy atom. The molecule has 0 aliphatic rings. The quantitative estimate of drug-likeness (QED) is 0.625. The van der Waals surface area contributed by atoms with Gasteiger partial charge < -0.3 is 10.6 Å². The maximum Gasteiger partial charge on any atom is 0.191 e. The average molecular weight is 324 g/mol. The van der Waals surface area contributed by atoms with Gasteiger partial charge in [0.25, 0.3) is 0 Å². The highest BCUT2D eigenvalue weighted by atomic mass is 32.2. The van der Waals surface area contributed by atoms with Crippen LogP contribution in [0.25, 0.3) is 0 Å². The molecule has 0 saturated heterocycles. The maximum atomic E-state index is 12.0. The summed E-state index contributed by atoms with van der Waals surface area (Å²) >= 11 is 0. The van der Waals surface area contributed by atoms with E-state index in [1.165, 1.54) is 11.1 Å². The van der Waals surface area contributed by atoms with E-state index in [9.17, 15) is 4.21 Å². The molecule has 124 valence electrons. The van der Waals surface area contributed by atoms with Crippen LogP contribution in [0.5, 0.6) is 0 Å². The number of guanidine groups is 1. The molecular weight excluding hydrogens is 294 g/mol. The number of nitrogens with one attached hydrogen (secondary N) is 2. The second-order valence-corrected chi connectivity index (χ2v) is 8.60. The molecule has 0 amide bonds. The van der Waals surface area contributed by atoms with E-state index in [1.54, 1.807) is 0 Å². The third kappa shape index (κ3) is 7.07. The van der Waals surface area contributed by atoms with Gasteiger partial charge in [-0.1, -0.05) is 29.8 Å². The van der Waals surface area contributed by atoms with E-state index in [2.05, 4.69) is 40.7 Å². The van der Waals surface area contributed by atoms with Gasteiger partial charge in [0, 0.05) is 34.4 Å². The zero-order valence-electron chi connectivity index (χ0n) is 14.4. The number of hydrogen-bond acceptors (Lipinski definition) is 2. The fourth-order valence-electron chi connectivity index (χ4n) is 1.89. The molecule has 5 heteroatoms. The second-order valence-electron chi connectivity index (χ2n) is 6.27. The fourth-order valence-corrected chi connectivity index (χ4v) is 2.79. The molecule has 0 radical (unpaired) electrons. The normalized spacial score (nSPS) is 13.8. The molecule has 4 nitrogen and oxygen atoms in total. The molecule has 2 N–H and O–H groups in total. The summed E-state index contributed by atoms with van der Waals surface area (Å²) in [6.45, 7) is 12.2. The third-order valence-corrected chi connectivity index (χ3v) is 5.05. The number of hydrogen-bond donors (Lipinski definition) is 2. The van der Waals surface area contributed by atoms with Gasteiger partial charge in [-0.25, -0.2) is 4.99 Å². The Kier molecular flexibility index (Phi) is 7.59. The van der Waals surface area contributed by atoms with Crippen molar-refractivity contribution in [3.8, 4) is 0 Å². The summed E-state index contributed by atoms with van der Waals surface area (Å²) in [4.78, 5) is 4.58. The lowest BCUT2D eigenvalue weighted by Gasteiger charge is -2.18. The lowest BCUT2D eigenvalue weighted by atomic mass is 10.1. The lowest BCUT2D eigenvalue weighted by molar-refractivity contribution is 0.647. The monoisotopic (exact) mass is 323 g/mol. The van der Waals surface area contributed by atoms with Crippen molar-refractivity contribution in [2.45, 2.75) is 45.9 Å². The van der Waals surface area contributed by atoms with Gasteiger partial charge in [-0.2, -0.15) is 0 Å². The summed E-state index contributed by atoms with van der Waals surface area (Å²) in [5.41, 5.74) is 2.43. The van der Waals surface area contributed by atoms with E-state index < -0.39 is 10.8 Å². The molecule has 0 fully saturated rings. The number of aryl methyl sites for hydroxylation is 1. The standard InChI is InChI=1S/C17H29N3OS/c1-6-18-16(19-10-11-22(21)17(3,4)5)20-13-15-9-7-8-14(2)12-15/h7-9,12H,6,10-11,13H2,1-5H3,(H2,18,19,20). The van der Waals surface area contributed by atoms with Crippen molar-refractivity contribution in [1.29, 1.82) is 0 Å². The van der Waals surface area contributed by atoms with Crippen molar-refractivity contribution in [2.24, 2.45) is 4.99 Å². The molecule has 1 aromatic carbocycles. The van der Waals surface area contributed by atoms with Crippen molar-refractivity contribution >= 4 is 16.8 Å². The Balaban J connectivity index is 2.54. The van der Waals surface area contributed by atoms with E-state index in [-0.39, 0.29) is 4.75 Å². The van der Waals surface area contributed by atoms with Crippen LogP contribution in [-0.2, 0) is 17.3 Å². The molecule has 0 aliphatic carbocycles. The summed E-state index contributed by atoms with van der Waals surface area (Å²) in [6, 6.07) is 8.35. The van der Waals surface area contributed by atoms with E-state index in [0.717, 1.165) is 12.5 Å². The van der Waals surface area contributed by atoms with Gasteiger partial charge in [-0.3, -0.25) is 4.21 Å². The van der Waals surface area contributed by atoms with Gasteiger partial charge >= 0.3 is 0 Å². The van der Waals surface area contributed by atoms with Gasteiger partial charge in [0.15, 0.2) is 5.96 Å². The summed E-state index contributed by atoms with van der Waals surface area (Å²) < 4.78 is 11.9. The van der Waals surface area contributed by atoms with Crippen LogP contribution in [0.15, 0.2) is 29.3 Å². The van der Waals surface area contributed by atoms with Crippen LogP contribution in [0.1, 0.15) is 38.8 Å². The first-order chi connectivity index (χ1) is 10.3. The van der Waals surface area contributed by atoms with Gasteiger partial charge in [0.2, 0.25) is 0 Å². The maximum absolute atomic E-state index is 12.0. The summed E-state index contributed by atoms with van der Waals surface area (Å²) in [5.74, 6) is 1.40. The SMILES string of the molecule is CCNC(=NCc1cccc(C)c1)NCCS(=O)C(C)(C)C. The molecule has 1 rings (SSSR count). The van der Waals surface area contributed by atoms with Gasteiger partial charge in [-0.05, 0) is 40.2 Å². The van der Waals surface area contributed by atoms with Crippen LogP contribution in [0, 0.1) is 6.92 Å². The molecule has 1 atom stereocenters. The summed E-state index contributed by atoms with van der Waals surface area (Å²) in [6.07, 6.45) is 0. The van der Waals surface area contributed by atoms with Crippen LogP contribution < -0.4 is 10.6 Å². The predicted molar refractivity (Wildman–Crippen MR) is 96.8 cm³/mol. The molecule has 0 bridgehead atoms. The number of rotatable bonds is 6. The van der Waals surface area contributed by atoms with Gasteiger partial charge in [0.05, 0.1) is 6.54 Å². The van der Waals surface area contributed by atoms with E-state index >= 15 is 0 Å². The zero-order valence-corrected chi connectivity index (χ0v) is 15.2. The highest BCUT2D eigenvalue weighted by Gasteiger charge is 2.18. The van der Waals surface area contributed by atoms with Crippen LogP contribution >= 0.6 is 0 Å². The third-order valence-electron chi connectivity index (χ3n) is 3.11. The Labute approximate surface area is 137 Å². The topological polar surface area (TPSA) is 53.5 Å². The first-order valence-corrected chi connectivity index (χ1v) is 9.11.